The molecule has 0 unspecified atom stereocenters. The normalized spacial score (nSPS) is 11.9. The number of fused-ring (bicyclic) bond motifs is 1. The minimum atomic E-state index is -4.95. The minimum absolute atomic E-state index is 0.130. The van der Waals surface area contributed by atoms with Gasteiger partial charge in [0.15, 0.2) is 11.2 Å². The van der Waals surface area contributed by atoms with Crippen LogP contribution < -0.4 is 11.3 Å². The number of carbonyl (C=O) groups is 1. The smallest absolute Gasteiger partial charge is 0.369 e. The van der Waals surface area contributed by atoms with Crippen LogP contribution in [-0.4, -0.2) is 31.9 Å². The Labute approximate surface area is 96.2 Å². The Balaban J connectivity index is 2.40. The number of nitrogens with one attached hydrogen (secondary N) is 2. The van der Waals surface area contributed by atoms with Crippen molar-refractivity contribution in [3.05, 3.63) is 16.2 Å². The first kappa shape index (κ1) is 12.1. The number of hydrogen-bond donors (Lipinski definition) is 3. The van der Waals surface area contributed by atoms with Crippen molar-refractivity contribution in [2.45, 2.75) is 12.6 Å². The Hall–Kier alpha value is -2.39. The molecule has 96 valence electrons. The second kappa shape index (κ2) is 3.82. The van der Waals surface area contributed by atoms with Crippen molar-refractivity contribution >= 4 is 22.9 Å². The van der Waals surface area contributed by atoms with E-state index in [0.29, 0.717) is 0 Å². The van der Waals surface area contributed by atoms with Crippen molar-refractivity contribution in [3.63, 3.8) is 0 Å². The van der Waals surface area contributed by atoms with Crippen molar-refractivity contribution in [2.75, 3.05) is 5.73 Å². The fourth-order valence-corrected chi connectivity index (χ4v) is 1.31. The van der Waals surface area contributed by atoms with Crippen molar-refractivity contribution in [1.29, 1.82) is 0 Å². The molecule has 4 N–H and O–H groups in total. The zero-order valence-corrected chi connectivity index (χ0v) is 8.63. The number of nitrogen functional groups attached to an aromatic ring is 1. The molecule has 0 saturated heterocycles. The molecule has 18 heavy (non-hydrogen) atoms. The maximum absolute atomic E-state index is 12.0. The first-order valence-electron chi connectivity index (χ1n) is 4.62. The Morgan fingerprint density at radius 2 is 1.94 bits per heavy atom. The van der Waals surface area contributed by atoms with E-state index in [1.165, 1.54) is 0 Å². The van der Waals surface area contributed by atoms with Crippen molar-refractivity contribution in [2.24, 2.45) is 0 Å². The van der Waals surface area contributed by atoms with Crippen molar-refractivity contribution < 1.29 is 18.0 Å². The minimum Gasteiger partial charge on any atom is -0.369 e. The molecule has 2 aromatic rings. The van der Waals surface area contributed by atoms with Gasteiger partial charge in [-0.2, -0.15) is 18.2 Å². The standard InChI is InChI=1S/C8H6F3N5O2/c9-8(10,11)2(17)1-3-13-4-5(14-3)15-7(12)16-6(4)18/h1H2,(H4,12,13,14,15,16,18). The van der Waals surface area contributed by atoms with Crippen LogP contribution in [0.1, 0.15) is 5.82 Å². The van der Waals surface area contributed by atoms with Gasteiger partial charge in [0.05, 0.1) is 6.42 Å². The van der Waals surface area contributed by atoms with Gasteiger partial charge in [0, 0.05) is 0 Å². The van der Waals surface area contributed by atoms with Crippen LogP contribution in [0.4, 0.5) is 19.1 Å². The van der Waals surface area contributed by atoms with Crippen LogP contribution in [0.5, 0.6) is 0 Å². The van der Waals surface area contributed by atoms with Crippen LogP contribution >= 0.6 is 0 Å². The molecule has 0 amide bonds. The molecule has 0 fully saturated rings. The van der Waals surface area contributed by atoms with Crippen LogP contribution in [-0.2, 0) is 11.2 Å². The summed E-state index contributed by atoms with van der Waals surface area (Å²) in [5.41, 5.74) is 4.30. The van der Waals surface area contributed by atoms with E-state index in [1.54, 1.807) is 0 Å². The van der Waals surface area contributed by atoms with Gasteiger partial charge in [-0.15, -0.1) is 0 Å². The van der Waals surface area contributed by atoms with Gasteiger partial charge in [-0.25, -0.2) is 4.98 Å². The molecule has 0 aliphatic rings. The topological polar surface area (TPSA) is 118 Å². The lowest BCUT2D eigenvalue weighted by atomic mass is 10.3. The summed E-state index contributed by atoms with van der Waals surface area (Å²) in [6.45, 7) is 0. The number of Topliss-reactive ketones (excluding diaryl/α,β-unsaturated/α-hetero) is 1. The van der Waals surface area contributed by atoms with E-state index in [2.05, 4.69) is 19.9 Å². The van der Waals surface area contributed by atoms with E-state index in [9.17, 15) is 22.8 Å². The molecule has 0 atom stereocenters. The predicted octanol–water partition coefficient (Wildman–Crippen LogP) is -0.0977. The van der Waals surface area contributed by atoms with E-state index in [1.807, 2.05) is 0 Å². The van der Waals surface area contributed by atoms with Gasteiger partial charge < -0.3 is 10.7 Å². The zero-order chi connectivity index (χ0) is 13.5. The third kappa shape index (κ3) is 2.17. The first-order chi connectivity index (χ1) is 8.27. The number of anilines is 1. The number of alkyl halides is 3. The molecule has 10 heteroatoms. The molecule has 0 saturated carbocycles. The summed E-state index contributed by atoms with van der Waals surface area (Å²) in [5, 5.41) is 0. The Kier molecular flexibility index (Phi) is 2.56. The van der Waals surface area contributed by atoms with Gasteiger partial charge in [0.1, 0.15) is 5.82 Å². The largest absolute Gasteiger partial charge is 0.450 e. The van der Waals surface area contributed by atoms with E-state index >= 15 is 0 Å². The summed E-state index contributed by atoms with van der Waals surface area (Å²) in [5.74, 6) is -2.48. The molecule has 0 spiro atoms. The highest BCUT2D eigenvalue weighted by molar-refractivity contribution is 5.86. The lowest BCUT2D eigenvalue weighted by molar-refractivity contribution is -0.170. The molecule has 0 radical (unpaired) electrons. The molecule has 2 aromatic heterocycles. The van der Waals surface area contributed by atoms with Gasteiger partial charge in [-0.05, 0) is 0 Å². The number of ketones is 1. The fourth-order valence-electron chi connectivity index (χ4n) is 1.31. The summed E-state index contributed by atoms with van der Waals surface area (Å²) in [6.07, 6.45) is -5.93. The molecule has 0 bridgehead atoms. The average Bonchev–Trinajstić information content (AvgIpc) is 2.58. The maximum Gasteiger partial charge on any atom is 0.450 e. The Morgan fingerprint density at radius 3 is 2.56 bits per heavy atom. The summed E-state index contributed by atoms with van der Waals surface area (Å²) < 4.78 is 36.1. The van der Waals surface area contributed by atoms with Crippen molar-refractivity contribution in [1.82, 2.24) is 19.9 Å². The molecule has 0 aromatic carbocycles. The summed E-state index contributed by atoms with van der Waals surface area (Å²) >= 11 is 0. The third-order valence-corrected chi connectivity index (χ3v) is 2.07. The zero-order valence-electron chi connectivity index (χ0n) is 8.63. The number of H-pyrrole nitrogens is 2. The molecule has 0 aliphatic carbocycles. The van der Waals surface area contributed by atoms with E-state index in [0.717, 1.165) is 0 Å². The number of nitrogens with two attached hydrogens (primary N) is 1. The number of carbonyl (C=O) groups excluding carboxylic acids is 1. The van der Waals surface area contributed by atoms with Gasteiger partial charge >= 0.3 is 6.18 Å². The third-order valence-electron chi connectivity index (χ3n) is 2.07. The average molecular weight is 261 g/mol. The van der Waals surface area contributed by atoms with Gasteiger partial charge in [0.2, 0.25) is 11.7 Å². The monoisotopic (exact) mass is 261 g/mol. The van der Waals surface area contributed by atoms with Crippen LogP contribution in [0.15, 0.2) is 4.79 Å². The van der Waals surface area contributed by atoms with E-state index in [4.69, 9.17) is 5.73 Å². The van der Waals surface area contributed by atoms with Crippen LogP contribution in [0.25, 0.3) is 11.2 Å². The number of nitrogens with zero attached hydrogens (tertiary/aromatic N) is 2. The van der Waals surface area contributed by atoms with E-state index < -0.39 is 23.9 Å². The lowest BCUT2D eigenvalue weighted by Crippen LogP contribution is -2.25. The second-order valence-electron chi connectivity index (χ2n) is 3.43. The van der Waals surface area contributed by atoms with Gasteiger partial charge in [0.25, 0.3) is 5.56 Å². The number of aromatic amines is 2. The number of halogens is 3. The summed E-state index contributed by atoms with van der Waals surface area (Å²) in [4.78, 5) is 33.7. The Morgan fingerprint density at radius 1 is 1.28 bits per heavy atom. The quantitative estimate of drug-likeness (QED) is 0.697. The number of aromatic nitrogens is 4. The molecule has 7 nitrogen and oxygen atoms in total. The van der Waals surface area contributed by atoms with Crippen LogP contribution in [0.3, 0.4) is 0 Å². The first-order valence-corrected chi connectivity index (χ1v) is 4.62. The molecule has 0 aliphatic heterocycles. The maximum atomic E-state index is 12.0. The lowest BCUT2D eigenvalue weighted by Gasteiger charge is -2.01. The number of imidazole rings is 1. The molecular weight excluding hydrogens is 255 g/mol. The Bertz CT molecular complexity index is 671. The molecular formula is C8H6F3N5O2. The number of rotatable bonds is 2. The number of hydrogen-bond acceptors (Lipinski definition) is 5. The summed E-state index contributed by atoms with van der Waals surface area (Å²) in [7, 11) is 0. The van der Waals surface area contributed by atoms with Crippen LogP contribution in [0.2, 0.25) is 0 Å². The predicted molar refractivity (Wildman–Crippen MR) is 53.7 cm³/mol. The highest BCUT2D eigenvalue weighted by Gasteiger charge is 2.38. The summed E-state index contributed by atoms with van der Waals surface area (Å²) in [6, 6.07) is 0. The van der Waals surface area contributed by atoms with Gasteiger partial charge in [-0.3, -0.25) is 14.6 Å². The molecule has 2 rings (SSSR count). The van der Waals surface area contributed by atoms with Crippen LogP contribution in [0, 0.1) is 0 Å². The van der Waals surface area contributed by atoms with E-state index in [-0.39, 0.29) is 22.9 Å². The second-order valence-corrected chi connectivity index (χ2v) is 3.43. The van der Waals surface area contributed by atoms with Crippen molar-refractivity contribution in [3.8, 4) is 0 Å². The fraction of sp³-hybridized carbons (Fsp3) is 0.250. The highest BCUT2D eigenvalue weighted by Crippen LogP contribution is 2.18. The SMILES string of the molecule is Nc1nc2nc(CC(=O)C(F)(F)F)[nH]c2c(=O)[nH]1. The highest BCUT2D eigenvalue weighted by atomic mass is 19.4. The van der Waals surface area contributed by atoms with Gasteiger partial charge in [-0.1, -0.05) is 0 Å². The molecule has 2 heterocycles.